The van der Waals surface area contributed by atoms with Gasteiger partial charge >= 0.3 is 0 Å². The number of rotatable bonds is 5. The normalized spacial score (nSPS) is 16.0. The van der Waals surface area contributed by atoms with Crippen LogP contribution in [0.3, 0.4) is 0 Å². The molecule has 134 valence electrons. The number of benzene rings is 1. The second-order valence-electron chi connectivity index (χ2n) is 6.62. The molecule has 0 aliphatic heterocycles. The van der Waals surface area contributed by atoms with E-state index in [-0.39, 0.29) is 11.2 Å². The number of thiophene rings is 1. The lowest BCUT2D eigenvalue weighted by atomic mass is 10.1. The molecule has 1 aromatic carbocycles. The molecule has 0 radical (unpaired) electrons. The summed E-state index contributed by atoms with van der Waals surface area (Å²) in [5.74, 6) is 0.102. The zero-order chi connectivity index (χ0) is 17.9. The van der Waals surface area contributed by atoms with Crippen LogP contribution in [-0.2, 0) is 4.79 Å². The van der Waals surface area contributed by atoms with Gasteiger partial charge in [0.05, 0.1) is 10.6 Å². The van der Waals surface area contributed by atoms with Crippen molar-refractivity contribution in [3.63, 3.8) is 0 Å². The van der Waals surface area contributed by atoms with Gasteiger partial charge in [-0.15, -0.1) is 11.3 Å². The lowest BCUT2D eigenvalue weighted by Gasteiger charge is -2.16. The molecule has 6 heteroatoms. The maximum atomic E-state index is 12.6. The molecule has 3 aromatic rings. The van der Waals surface area contributed by atoms with Gasteiger partial charge in [-0.2, -0.15) is 0 Å². The van der Waals surface area contributed by atoms with Crippen LogP contribution in [0.4, 0.5) is 0 Å². The fourth-order valence-corrected chi connectivity index (χ4v) is 5.30. The minimum absolute atomic E-state index is 0.102. The van der Waals surface area contributed by atoms with Gasteiger partial charge in [-0.3, -0.25) is 4.79 Å². The molecule has 0 bridgehead atoms. The summed E-state index contributed by atoms with van der Waals surface area (Å²) in [6.07, 6.45) is 6.23. The number of nitrogens with one attached hydrogen (secondary N) is 1. The van der Waals surface area contributed by atoms with Gasteiger partial charge in [0.2, 0.25) is 5.91 Å². The number of hydrogen-bond donors (Lipinski definition) is 1. The third-order valence-electron chi connectivity index (χ3n) is 4.78. The van der Waals surface area contributed by atoms with Crippen molar-refractivity contribution in [2.45, 2.75) is 48.9 Å². The third kappa shape index (κ3) is 3.62. The van der Waals surface area contributed by atoms with Crippen molar-refractivity contribution in [1.29, 1.82) is 0 Å². The van der Waals surface area contributed by atoms with Crippen LogP contribution in [0.1, 0.15) is 32.6 Å². The van der Waals surface area contributed by atoms with E-state index in [0.717, 1.165) is 39.2 Å². The molecule has 1 unspecified atom stereocenters. The minimum Gasteiger partial charge on any atom is -0.352 e. The van der Waals surface area contributed by atoms with Crippen molar-refractivity contribution in [2.24, 2.45) is 0 Å². The van der Waals surface area contributed by atoms with Gasteiger partial charge in [0.25, 0.3) is 0 Å². The van der Waals surface area contributed by atoms with Gasteiger partial charge in [-0.05, 0) is 25.3 Å². The van der Waals surface area contributed by atoms with E-state index in [4.69, 9.17) is 0 Å². The van der Waals surface area contributed by atoms with Gasteiger partial charge in [-0.1, -0.05) is 54.9 Å². The van der Waals surface area contributed by atoms with Crippen LogP contribution in [0.15, 0.2) is 47.1 Å². The predicted molar refractivity (Wildman–Crippen MR) is 109 cm³/mol. The van der Waals surface area contributed by atoms with Crippen LogP contribution in [0, 0.1) is 0 Å². The highest BCUT2D eigenvalue weighted by atomic mass is 32.2. The maximum Gasteiger partial charge on any atom is 0.233 e. The summed E-state index contributed by atoms with van der Waals surface area (Å²) in [7, 11) is 0. The van der Waals surface area contributed by atoms with Crippen LogP contribution in [-0.4, -0.2) is 27.2 Å². The number of carbonyl (C=O) groups is 1. The first-order chi connectivity index (χ1) is 12.7. The molecule has 26 heavy (non-hydrogen) atoms. The molecule has 1 atom stereocenters. The minimum atomic E-state index is -0.183. The Morgan fingerprint density at radius 3 is 2.77 bits per heavy atom. The Bertz CT molecular complexity index is 904. The fraction of sp³-hybridized carbons (Fsp3) is 0.350. The molecule has 0 spiro atoms. The summed E-state index contributed by atoms with van der Waals surface area (Å²) in [6, 6.07) is 10.6. The molecule has 1 aliphatic rings. The Morgan fingerprint density at radius 2 is 2.00 bits per heavy atom. The quantitative estimate of drug-likeness (QED) is 0.503. The topological polar surface area (TPSA) is 54.9 Å². The van der Waals surface area contributed by atoms with Crippen molar-refractivity contribution in [3.05, 3.63) is 42.0 Å². The van der Waals surface area contributed by atoms with E-state index >= 15 is 0 Å². The van der Waals surface area contributed by atoms with Crippen molar-refractivity contribution in [1.82, 2.24) is 15.3 Å². The third-order valence-corrected chi connectivity index (χ3v) is 6.77. The summed E-state index contributed by atoms with van der Waals surface area (Å²) in [4.78, 5) is 22.4. The molecule has 4 rings (SSSR count). The lowest BCUT2D eigenvalue weighted by Crippen LogP contribution is -2.37. The van der Waals surface area contributed by atoms with Crippen LogP contribution < -0.4 is 5.32 Å². The van der Waals surface area contributed by atoms with E-state index in [0.29, 0.717) is 6.04 Å². The molecule has 2 aromatic heterocycles. The smallest absolute Gasteiger partial charge is 0.233 e. The van der Waals surface area contributed by atoms with Crippen LogP contribution >= 0.6 is 23.1 Å². The van der Waals surface area contributed by atoms with Crippen molar-refractivity contribution >= 4 is 39.2 Å². The van der Waals surface area contributed by atoms with Gasteiger partial charge in [0.15, 0.2) is 0 Å². The second kappa shape index (κ2) is 7.76. The maximum absolute atomic E-state index is 12.6. The molecule has 1 amide bonds. The Morgan fingerprint density at radius 1 is 1.23 bits per heavy atom. The zero-order valence-electron chi connectivity index (χ0n) is 14.6. The zero-order valence-corrected chi connectivity index (χ0v) is 16.3. The number of carbonyl (C=O) groups excluding carboxylic acids is 1. The first kappa shape index (κ1) is 17.5. The SMILES string of the molecule is CC(Sc1ncnc2scc(-c3ccccc3)c12)C(=O)NC1CCCC1. The van der Waals surface area contributed by atoms with Crippen molar-refractivity contribution in [3.8, 4) is 11.1 Å². The van der Waals surface area contributed by atoms with Gasteiger partial charge < -0.3 is 5.32 Å². The number of aromatic nitrogens is 2. The number of nitrogens with zero attached hydrogens (tertiary/aromatic N) is 2. The second-order valence-corrected chi connectivity index (χ2v) is 8.81. The molecule has 2 heterocycles. The molecule has 0 saturated heterocycles. The summed E-state index contributed by atoms with van der Waals surface area (Å²) >= 11 is 3.14. The van der Waals surface area contributed by atoms with Crippen molar-refractivity contribution < 1.29 is 4.79 Å². The summed E-state index contributed by atoms with van der Waals surface area (Å²) in [5, 5.41) is 7.06. The fourth-order valence-electron chi connectivity index (χ4n) is 3.38. The molecule has 1 aliphatic carbocycles. The highest BCUT2D eigenvalue weighted by molar-refractivity contribution is 8.00. The summed E-state index contributed by atoms with van der Waals surface area (Å²) < 4.78 is 0. The number of amides is 1. The van der Waals surface area contributed by atoms with E-state index in [1.165, 1.54) is 24.6 Å². The first-order valence-corrected chi connectivity index (χ1v) is 10.7. The molecule has 1 fully saturated rings. The standard InChI is InChI=1S/C20H21N3OS2/c1-13(18(24)23-15-9-5-6-10-15)26-20-17-16(14-7-3-2-4-8-14)11-25-19(17)21-12-22-20/h2-4,7-8,11-13,15H,5-6,9-10H2,1H3,(H,23,24). The number of hydrogen-bond acceptors (Lipinski definition) is 5. The first-order valence-electron chi connectivity index (χ1n) is 8.97. The van der Waals surface area contributed by atoms with E-state index in [9.17, 15) is 4.79 Å². The Kier molecular flexibility index (Phi) is 5.22. The van der Waals surface area contributed by atoms with Crippen molar-refractivity contribution in [2.75, 3.05) is 0 Å². The predicted octanol–water partition coefficient (Wildman–Crippen LogP) is 4.90. The molecular weight excluding hydrogens is 362 g/mol. The molecule has 4 nitrogen and oxygen atoms in total. The van der Waals surface area contributed by atoms with Crippen LogP contribution in [0.2, 0.25) is 0 Å². The number of thioether (sulfide) groups is 1. The van der Waals surface area contributed by atoms with E-state index in [1.54, 1.807) is 17.7 Å². The number of fused-ring (bicyclic) bond motifs is 1. The highest BCUT2D eigenvalue weighted by Crippen LogP contribution is 2.38. The van der Waals surface area contributed by atoms with E-state index in [2.05, 4.69) is 32.8 Å². The van der Waals surface area contributed by atoms with Gasteiger partial charge in [0, 0.05) is 17.0 Å². The molecule has 1 saturated carbocycles. The van der Waals surface area contributed by atoms with Crippen LogP contribution in [0.5, 0.6) is 0 Å². The summed E-state index contributed by atoms with van der Waals surface area (Å²) in [5.41, 5.74) is 2.29. The van der Waals surface area contributed by atoms with E-state index in [1.807, 2.05) is 25.1 Å². The largest absolute Gasteiger partial charge is 0.352 e. The molecule has 1 N–H and O–H groups in total. The lowest BCUT2D eigenvalue weighted by molar-refractivity contribution is -0.120. The molecular formula is C20H21N3OS2. The van der Waals surface area contributed by atoms with Gasteiger partial charge in [-0.25, -0.2) is 9.97 Å². The highest BCUT2D eigenvalue weighted by Gasteiger charge is 2.23. The summed E-state index contributed by atoms with van der Waals surface area (Å²) in [6.45, 7) is 1.96. The Hall–Kier alpha value is -1.92. The van der Waals surface area contributed by atoms with E-state index < -0.39 is 0 Å². The monoisotopic (exact) mass is 383 g/mol. The average molecular weight is 384 g/mol. The van der Waals surface area contributed by atoms with Crippen LogP contribution in [0.25, 0.3) is 21.3 Å². The van der Waals surface area contributed by atoms with Gasteiger partial charge in [0.1, 0.15) is 16.2 Å². The average Bonchev–Trinajstić information content (AvgIpc) is 3.32. The Balaban J connectivity index is 1.60. The Labute approximate surface area is 161 Å².